The Morgan fingerprint density at radius 2 is 2.07 bits per heavy atom. The molecule has 4 rings (SSSR count). The minimum atomic E-state index is -0.120. The number of aliphatic imine (C=N–C) groups is 1. The molecule has 3 aromatic rings. The summed E-state index contributed by atoms with van der Waals surface area (Å²) in [6.07, 6.45) is 4.87. The molecule has 1 atom stereocenters. The lowest BCUT2D eigenvalue weighted by atomic mass is 10.1. The fourth-order valence-corrected chi connectivity index (χ4v) is 4.45. The molecule has 1 N–H and O–H groups in total. The van der Waals surface area contributed by atoms with Crippen molar-refractivity contribution in [1.82, 2.24) is 10.3 Å². The van der Waals surface area contributed by atoms with E-state index in [-0.39, 0.29) is 6.04 Å². The van der Waals surface area contributed by atoms with E-state index >= 15 is 0 Å². The normalized spacial score (nSPS) is 17.5. The number of para-hydroxylation sites is 1. The number of hydrogen-bond acceptors (Lipinski definition) is 4. The Bertz CT molecular complexity index is 1100. The summed E-state index contributed by atoms with van der Waals surface area (Å²) in [6.45, 7) is 0.564. The van der Waals surface area contributed by atoms with E-state index in [1.54, 1.807) is 17.4 Å². The molecule has 146 valence electrons. The number of rotatable bonds is 5. The maximum atomic E-state index is 9.27. The zero-order chi connectivity index (χ0) is 20.2. The molecule has 0 aliphatic carbocycles. The van der Waals surface area contributed by atoms with Gasteiger partial charge >= 0.3 is 0 Å². The van der Waals surface area contributed by atoms with Gasteiger partial charge in [0.05, 0.1) is 38.8 Å². The minimum Gasteiger partial charge on any atom is -0.333 e. The van der Waals surface area contributed by atoms with Gasteiger partial charge in [0.1, 0.15) is 0 Å². The maximum Gasteiger partial charge on any atom is 0.204 e. The Hall–Kier alpha value is -2.59. The van der Waals surface area contributed by atoms with E-state index in [1.807, 2.05) is 53.6 Å². The highest BCUT2D eigenvalue weighted by Gasteiger charge is 2.27. The van der Waals surface area contributed by atoms with Crippen molar-refractivity contribution in [3.63, 3.8) is 0 Å². The van der Waals surface area contributed by atoms with Gasteiger partial charge in [-0.1, -0.05) is 52.7 Å². The average molecular weight is 442 g/mol. The van der Waals surface area contributed by atoms with E-state index in [0.29, 0.717) is 29.0 Å². The number of guanidine groups is 1. The number of nitrogens with zero attached hydrogens (tertiary/aromatic N) is 4. The summed E-state index contributed by atoms with van der Waals surface area (Å²) >= 11 is 13.7. The van der Waals surface area contributed by atoms with Gasteiger partial charge in [-0.3, -0.25) is 9.89 Å². The molecule has 0 radical (unpaired) electrons. The van der Waals surface area contributed by atoms with Crippen molar-refractivity contribution < 1.29 is 0 Å². The van der Waals surface area contributed by atoms with E-state index in [1.165, 1.54) is 0 Å². The van der Waals surface area contributed by atoms with Gasteiger partial charge in [-0.25, -0.2) is 4.98 Å². The Labute approximate surface area is 182 Å². The first-order chi connectivity index (χ1) is 14.2. The smallest absolute Gasteiger partial charge is 0.204 e. The van der Waals surface area contributed by atoms with E-state index in [0.717, 1.165) is 27.3 Å². The molecule has 0 saturated carbocycles. The first kappa shape index (κ1) is 19.7. The number of nitriles is 1. The van der Waals surface area contributed by atoms with Crippen LogP contribution in [0.4, 0.5) is 5.13 Å². The average Bonchev–Trinajstić information content (AvgIpc) is 3.15. The third-order valence-electron chi connectivity index (χ3n) is 4.53. The second-order valence-corrected chi connectivity index (χ2v) is 8.29. The lowest BCUT2D eigenvalue weighted by molar-refractivity contribution is 0.769. The number of nitrogens with one attached hydrogen (secondary N) is 1. The molecule has 29 heavy (non-hydrogen) atoms. The standard InChI is InChI=1S/C21H17Cl2N5S/c22-16-6-5-14(13-17(16)23)8-11-25-20-26-12-9-15(7-10-24)28(20)21-27-18-3-1-2-4-19(18)29-21/h1-6,9,12-13,15H,7-8,11H2,(H,25,26). The van der Waals surface area contributed by atoms with Crippen LogP contribution in [0.5, 0.6) is 0 Å². The van der Waals surface area contributed by atoms with Crippen LogP contribution in [0, 0.1) is 11.3 Å². The van der Waals surface area contributed by atoms with Crippen LogP contribution < -0.4 is 10.2 Å². The second-order valence-electron chi connectivity index (χ2n) is 6.47. The van der Waals surface area contributed by atoms with Crippen molar-refractivity contribution in [2.75, 3.05) is 11.4 Å². The van der Waals surface area contributed by atoms with E-state index in [2.05, 4.69) is 11.4 Å². The Morgan fingerprint density at radius 1 is 1.21 bits per heavy atom. The molecule has 1 unspecified atom stereocenters. The van der Waals surface area contributed by atoms with E-state index < -0.39 is 0 Å². The SMILES string of the molecule is N#CCC1C=CNC(=NCCc2ccc(Cl)c(Cl)c2)N1c1nc2ccccc2s1. The molecule has 0 fully saturated rings. The van der Waals surface area contributed by atoms with Crippen molar-refractivity contribution in [1.29, 1.82) is 5.26 Å². The van der Waals surface area contributed by atoms with Gasteiger partial charge in [-0.15, -0.1) is 0 Å². The molecule has 0 amide bonds. The number of aromatic nitrogens is 1. The van der Waals surface area contributed by atoms with Crippen LogP contribution >= 0.6 is 34.5 Å². The molecule has 1 aliphatic heterocycles. The number of anilines is 1. The number of fused-ring (bicyclic) bond motifs is 1. The highest BCUT2D eigenvalue weighted by molar-refractivity contribution is 7.22. The number of thiazole rings is 1. The summed E-state index contributed by atoms with van der Waals surface area (Å²) in [6, 6.07) is 15.8. The number of benzene rings is 2. The van der Waals surface area contributed by atoms with Crippen LogP contribution in [0.2, 0.25) is 10.0 Å². The summed E-state index contributed by atoms with van der Waals surface area (Å²) in [4.78, 5) is 11.5. The fraction of sp³-hybridized carbons (Fsp3) is 0.190. The summed E-state index contributed by atoms with van der Waals surface area (Å²) < 4.78 is 1.10. The van der Waals surface area contributed by atoms with Crippen molar-refractivity contribution in [2.45, 2.75) is 18.9 Å². The monoisotopic (exact) mass is 441 g/mol. The topological polar surface area (TPSA) is 64.3 Å². The molecule has 2 aromatic carbocycles. The van der Waals surface area contributed by atoms with Crippen LogP contribution in [0.15, 0.2) is 59.7 Å². The molecule has 0 bridgehead atoms. The summed E-state index contributed by atoms with van der Waals surface area (Å²) in [5, 5.41) is 14.4. The lowest BCUT2D eigenvalue weighted by Gasteiger charge is -2.32. The van der Waals surface area contributed by atoms with Crippen LogP contribution in [0.3, 0.4) is 0 Å². The van der Waals surface area contributed by atoms with Crippen molar-refractivity contribution in [3.8, 4) is 6.07 Å². The van der Waals surface area contributed by atoms with Crippen molar-refractivity contribution in [2.24, 2.45) is 4.99 Å². The third kappa shape index (κ3) is 4.38. The van der Waals surface area contributed by atoms with Gasteiger partial charge in [-0.2, -0.15) is 5.26 Å². The Kier molecular flexibility index (Phi) is 6.00. The highest BCUT2D eigenvalue weighted by Crippen LogP contribution is 2.31. The number of hydrogen-bond donors (Lipinski definition) is 1. The van der Waals surface area contributed by atoms with Gasteiger partial charge in [0, 0.05) is 12.7 Å². The largest absolute Gasteiger partial charge is 0.333 e. The summed E-state index contributed by atoms with van der Waals surface area (Å²) in [5.41, 5.74) is 2.00. The van der Waals surface area contributed by atoms with Gasteiger partial charge < -0.3 is 5.32 Å². The highest BCUT2D eigenvalue weighted by atomic mass is 35.5. The molecule has 8 heteroatoms. The van der Waals surface area contributed by atoms with Crippen LogP contribution in [0.25, 0.3) is 10.2 Å². The van der Waals surface area contributed by atoms with Gasteiger partial charge in [0.2, 0.25) is 5.96 Å². The third-order valence-corrected chi connectivity index (χ3v) is 6.30. The maximum absolute atomic E-state index is 9.27. The van der Waals surface area contributed by atoms with Crippen LogP contribution in [-0.2, 0) is 6.42 Å². The van der Waals surface area contributed by atoms with Crippen LogP contribution in [-0.4, -0.2) is 23.5 Å². The predicted octanol–water partition coefficient (Wildman–Crippen LogP) is 5.41. The Balaban J connectivity index is 1.60. The first-order valence-corrected chi connectivity index (χ1v) is 10.7. The zero-order valence-electron chi connectivity index (χ0n) is 15.3. The van der Waals surface area contributed by atoms with E-state index in [4.69, 9.17) is 33.2 Å². The molecule has 1 aliphatic rings. The molecule has 0 saturated heterocycles. The summed E-state index contributed by atoms with van der Waals surface area (Å²) in [7, 11) is 0. The van der Waals surface area contributed by atoms with Gasteiger partial charge in [-0.05, 0) is 42.3 Å². The van der Waals surface area contributed by atoms with Crippen molar-refractivity contribution >= 4 is 55.8 Å². The second kappa shape index (κ2) is 8.83. The predicted molar refractivity (Wildman–Crippen MR) is 121 cm³/mol. The molecule has 2 heterocycles. The lowest BCUT2D eigenvalue weighted by Crippen LogP contribution is -2.48. The summed E-state index contributed by atoms with van der Waals surface area (Å²) in [5.74, 6) is 0.687. The molecule has 0 spiro atoms. The Morgan fingerprint density at radius 3 is 2.86 bits per heavy atom. The van der Waals surface area contributed by atoms with Gasteiger partial charge in [0.25, 0.3) is 0 Å². The zero-order valence-corrected chi connectivity index (χ0v) is 17.7. The molecule has 1 aromatic heterocycles. The quantitative estimate of drug-likeness (QED) is 0.574. The molecular formula is C21H17Cl2N5S. The van der Waals surface area contributed by atoms with Crippen molar-refractivity contribution in [3.05, 3.63) is 70.3 Å². The van der Waals surface area contributed by atoms with E-state index in [9.17, 15) is 5.26 Å². The molecular weight excluding hydrogens is 425 g/mol. The van der Waals surface area contributed by atoms with Gasteiger partial charge in [0.15, 0.2) is 5.13 Å². The minimum absolute atomic E-state index is 0.120. The molecule has 5 nitrogen and oxygen atoms in total. The first-order valence-electron chi connectivity index (χ1n) is 9.09. The fourth-order valence-electron chi connectivity index (χ4n) is 3.10. The van der Waals surface area contributed by atoms with Crippen LogP contribution in [0.1, 0.15) is 12.0 Å². The number of halogens is 2.